The first-order valence-electron chi connectivity index (χ1n) is 5.40. The van der Waals surface area contributed by atoms with E-state index in [1.165, 1.54) is 19.2 Å². The highest BCUT2D eigenvalue weighted by Crippen LogP contribution is 2.30. The molecule has 0 aliphatic heterocycles. The molecule has 0 aliphatic rings. The lowest BCUT2D eigenvalue weighted by Crippen LogP contribution is -2.64. The van der Waals surface area contributed by atoms with E-state index in [0.717, 1.165) is 0 Å². The van der Waals surface area contributed by atoms with E-state index in [0.29, 0.717) is 6.92 Å². The van der Waals surface area contributed by atoms with Gasteiger partial charge in [-0.1, -0.05) is 0 Å². The second kappa shape index (κ2) is 5.55. The van der Waals surface area contributed by atoms with Crippen molar-refractivity contribution in [3.63, 3.8) is 0 Å². The summed E-state index contributed by atoms with van der Waals surface area (Å²) in [6.45, 7) is 2.71. The highest BCUT2D eigenvalue weighted by Gasteiger charge is 2.58. The normalized spacial score (nSPS) is 15.1. The lowest BCUT2D eigenvalue weighted by molar-refractivity contribution is -0.203. The van der Waals surface area contributed by atoms with E-state index in [-0.39, 0.29) is 6.54 Å². The zero-order chi connectivity index (χ0) is 16.4. The zero-order valence-corrected chi connectivity index (χ0v) is 11.1. The first kappa shape index (κ1) is 18.0. The summed E-state index contributed by atoms with van der Waals surface area (Å²) in [7, 11) is 0. The van der Waals surface area contributed by atoms with Gasteiger partial charge in [0.15, 0.2) is 0 Å². The van der Waals surface area contributed by atoms with Crippen molar-refractivity contribution in [3.8, 4) is 0 Å². The van der Waals surface area contributed by atoms with Gasteiger partial charge in [0.05, 0.1) is 5.41 Å². The third-order valence-corrected chi connectivity index (χ3v) is 2.72. The predicted molar refractivity (Wildman–Crippen MR) is 61.6 cm³/mol. The van der Waals surface area contributed by atoms with Crippen molar-refractivity contribution in [2.45, 2.75) is 32.5 Å². The number of carboxylic acid groups (broad SMARTS) is 1. The van der Waals surface area contributed by atoms with Crippen molar-refractivity contribution in [1.29, 1.82) is 0 Å². The van der Waals surface area contributed by atoms with Crippen LogP contribution in [0.2, 0.25) is 0 Å². The number of rotatable bonds is 5. The molecule has 0 rings (SSSR count). The van der Waals surface area contributed by atoms with Crippen molar-refractivity contribution in [2.24, 2.45) is 11.1 Å². The van der Waals surface area contributed by atoms with Gasteiger partial charge >= 0.3 is 18.2 Å². The summed E-state index contributed by atoms with van der Waals surface area (Å²) in [6.07, 6.45) is -5.19. The molecular formula is C10H16F3N3O4. The summed E-state index contributed by atoms with van der Waals surface area (Å²) >= 11 is 0. The molecule has 0 spiro atoms. The number of amides is 3. The van der Waals surface area contributed by atoms with E-state index in [4.69, 9.17) is 10.8 Å². The fourth-order valence-corrected chi connectivity index (χ4v) is 0.905. The zero-order valence-electron chi connectivity index (χ0n) is 11.1. The first-order valence-corrected chi connectivity index (χ1v) is 5.40. The van der Waals surface area contributed by atoms with Crippen LogP contribution >= 0.6 is 0 Å². The van der Waals surface area contributed by atoms with E-state index < -0.39 is 35.0 Å². The third kappa shape index (κ3) is 4.00. The van der Waals surface area contributed by atoms with Crippen molar-refractivity contribution >= 4 is 17.9 Å². The minimum Gasteiger partial charge on any atom is -0.479 e. The van der Waals surface area contributed by atoms with E-state index in [1.54, 1.807) is 0 Å². The van der Waals surface area contributed by atoms with Gasteiger partial charge in [0.2, 0.25) is 11.4 Å². The fourth-order valence-electron chi connectivity index (χ4n) is 0.905. The Morgan fingerprint density at radius 3 is 1.90 bits per heavy atom. The molecular weight excluding hydrogens is 283 g/mol. The summed E-state index contributed by atoms with van der Waals surface area (Å²) in [5.41, 5.74) is 0.395. The quantitative estimate of drug-likeness (QED) is 0.579. The van der Waals surface area contributed by atoms with Crippen molar-refractivity contribution in [3.05, 3.63) is 0 Å². The largest absolute Gasteiger partial charge is 0.479 e. The first-order chi connectivity index (χ1) is 8.74. The number of hydrogen-bond acceptors (Lipinski definition) is 3. The topological polar surface area (TPSA) is 122 Å². The van der Waals surface area contributed by atoms with E-state index >= 15 is 0 Å². The lowest BCUT2D eigenvalue weighted by Gasteiger charge is -2.29. The molecule has 0 radical (unpaired) electrons. The number of carbonyl (C=O) groups excluding carboxylic acids is 2. The van der Waals surface area contributed by atoms with E-state index in [9.17, 15) is 27.6 Å². The third-order valence-electron chi connectivity index (χ3n) is 2.72. The maximum atomic E-state index is 12.6. The average molecular weight is 299 g/mol. The Morgan fingerprint density at radius 1 is 1.15 bits per heavy atom. The Morgan fingerprint density at radius 2 is 1.60 bits per heavy atom. The van der Waals surface area contributed by atoms with Crippen LogP contribution in [0, 0.1) is 5.41 Å². The van der Waals surface area contributed by atoms with Gasteiger partial charge in [-0.05, 0) is 20.8 Å². The van der Waals surface area contributed by atoms with Crippen LogP contribution in [0.15, 0.2) is 0 Å². The van der Waals surface area contributed by atoms with Crippen molar-refractivity contribution in [2.75, 3.05) is 6.54 Å². The maximum absolute atomic E-state index is 12.6. The van der Waals surface area contributed by atoms with Gasteiger partial charge in [-0.15, -0.1) is 0 Å². The molecule has 0 bridgehead atoms. The number of hydrogen-bond donors (Lipinski definition) is 4. The minimum atomic E-state index is -5.19. The number of aliphatic carboxylic acids is 1. The van der Waals surface area contributed by atoms with Crippen molar-refractivity contribution < 1.29 is 32.7 Å². The van der Waals surface area contributed by atoms with Crippen molar-refractivity contribution in [1.82, 2.24) is 10.6 Å². The molecule has 0 saturated heterocycles. The van der Waals surface area contributed by atoms with Crippen LogP contribution in [0.5, 0.6) is 0 Å². The lowest BCUT2D eigenvalue weighted by atomic mass is 9.93. The number of urea groups is 1. The molecule has 3 amide bonds. The van der Waals surface area contributed by atoms with Gasteiger partial charge in [0, 0.05) is 6.54 Å². The minimum absolute atomic E-state index is 0.314. The Bertz CT molecular complexity index is 422. The summed E-state index contributed by atoms with van der Waals surface area (Å²) in [6, 6.07) is -1.37. The molecule has 116 valence electrons. The number of carboxylic acids is 1. The molecule has 0 aliphatic carbocycles. The highest BCUT2D eigenvalue weighted by atomic mass is 19.4. The maximum Gasteiger partial charge on any atom is 0.422 e. The molecule has 10 heteroatoms. The van der Waals surface area contributed by atoms with Gasteiger partial charge < -0.3 is 21.5 Å². The second-order valence-corrected chi connectivity index (χ2v) is 4.98. The van der Waals surface area contributed by atoms with Crippen LogP contribution in [-0.2, 0) is 9.59 Å². The summed E-state index contributed by atoms with van der Waals surface area (Å²) in [5.74, 6) is -3.02. The molecule has 0 aromatic carbocycles. The van der Waals surface area contributed by atoms with E-state index in [2.05, 4.69) is 0 Å². The van der Waals surface area contributed by atoms with Crippen LogP contribution in [0.1, 0.15) is 20.8 Å². The molecule has 5 N–H and O–H groups in total. The van der Waals surface area contributed by atoms with Gasteiger partial charge in [-0.3, -0.25) is 4.79 Å². The molecule has 0 heterocycles. The van der Waals surface area contributed by atoms with Gasteiger partial charge in [-0.25, -0.2) is 9.59 Å². The molecule has 1 atom stereocenters. The fraction of sp³-hybridized carbons (Fsp3) is 0.700. The number of halogens is 3. The SMILES string of the molecule is CC(C)(CNC(=O)NC(C)(C(=O)O)C(F)(F)F)C(N)=O. The van der Waals surface area contributed by atoms with Crippen LogP contribution in [0.3, 0.4) is 0 Å². The summed E-state index contributed by atoms with van der Waals surface area (Å²) in [5, 5.41) is 11.9. The van der Waals surface area contributed by atoms with Gasteiger partial charge in [0.1, 0.15) is 0 Å². The van der Waals surface area contributed by atoms with E-state index in [1.807, 2.05) is 5.32 Å². The Labute approximate surface area is 112 Å². The Hall–Kier alpha value is -2.00. The monoisotopic (exact) mass is 299 g/mol. The van der Waals surface area contributed by atoms with Crippen LogP contribution < -0.4 is 16.4 Å². The molecule has 0 aromatic rings. The molecule has 20 heavy (non-hydrogen) atoms. The number of primary amides is 1. The second-order valence-electron chi connectivity index (χ2n) is 4.98. The molecule has 7 nitrogen and oxygen atoms in total. The Balaban J connectivity index is 4.83. The van der Waals surface area contributed by atoms with Crippen LogP contribution in [-0.4, -0.2) is 41.3 Å². The number of carbonyl (C=O) groups is 3. The molecule has 0 aromatic heterocycles. The van der Waals surface area contributed by atoms with Gasteiger partial charge in [-0.2, -0.15) is 13.2 Å². The molecule has 0 saturated carbocycles. The van der Waals surface area contributed by atoms with Crippen LogP contribution in [0.25, 0.3) is 0 Å². The summed E-state index contributed by atoms with van der Waals surface area (Å²) < 4.78 is 37.9. The average Bonchev–Trinajstić information content (AvgIpc) is 2.24. The highest BCUT2D eigenvalue weighted by molar-refractivity contribution is 5.87. The van der Waals surface area contributed by atoms with Crippen LogP contribution in [0.4, 0.5) is 18.0 Å². The molecule has 1 unspecified atom stereocenters. The number of nitrogens with two attached hydrogens (primary N) is 1. The van der Waals surface area contributed by atoms with Gasteiger partial charge in [0.25, 0.3) is 0 Å². The Kier molecular flexibility index (Phi) is 5.00. The standard InChI is InChI=1S/C10H16F3N3O4/c1-8(2,5(14)17)4-15-7(20)16-9(3,6(18)19)10(11,12)13/h4H2,1-3H3,(H2,14,17)(H,18,19)(H2,15,16,20). The smallest absolute Gasteiger partial charge is 0.422 e. The number of alkyl halides is 3. The predicted octanol–water partition coefficient (Wildman–Crippen LogP) is 0.203. The summed E-state index contributed by atoms with van der Waals surface area (Å²) in [4.78, 5) is 33.0. The molecule has 0 fully saturated rings. The number of nitrogens with one attached hydrogen (secondary N) is 2.